The number of pyridine rings is 2. The van der Waals surface area contributed by atoms with Crippen LogP contribution in [0.25, 0.3) is 70.8 Å². The number of hydrogen-bond donors (Lipinski definition) is 0. The average Bonchev–Trinajstić information content (AvgIpc) is 3.32. The maximum Gasteiger partial charge on any atom is 0.190 e. The molecule has 0 saturated carbocycles. The van der Waals surface area contributed by atoms with Gasteiger partial charge in [0, 0.05) is 34.3 Å². The molecule has 0 atom stereocenters. The number of furan rings is 1. The SMILES string of the molecule is [C-]#[N+]c1ccnc(-c2c3ccccc3c(-c3cc(C#N)ccn3)c3cc4oc5ccccc5c4cc23)c1. The topological polar surface area (TPSA) is 67.1 Å². The van der Waals surface area contributed by atoms with E-state index in [-0.39, 0.29) is 0 Å². The van der Waals surface area contributed by atoms with Gasteiger partial charge in [-0.1, -0.05) is 42.5 Å². The normalized spacial score (nSPS) is 11.2. The third-order valence-electron chi connectivity index (χ3n) is 6.80. The molecule has 4 aromatic carbocycles. The second-order valence-corrected chi connectivity index (χ2v) is 8.84. The van der Waals surface area contributed by atoms with Crippen LogP contribution in [0.5, 0.6) is 0 Å². The van der Waals surface area contributed by atoms with Gasteiger partial charge in [0.25, 0.3) is 0 Å². The Morgan fingerprint density at radius 2 is 1.30 bits per heavy atom. The molecule has 37 heavy (non-hydrogen) atoms. The van der Waals surface area contributed by atoms with Crippen molar-refractivity contribution in [2.24, 2.45) is 0 Å². The molecule has 5 nitrogen and oxygen atoms in total. The Kier molecular flexibility index (Phi) is 4.51. The summed E-state index contributed by atoms with van der Waals surface area (Å²) in [5, 5.41) is 15.5. The summed E-state index contributed by atoms with van der Waals surface area (Å²) >= 11 is 0. The van der Waals surface area contributed by atoms with Gasteiger partial charge in [0.1, 0.15) is 11.2 Å². The Hall–Kier alpha value is -5.52. The fourth-order valence-corrected chi connectivity index (χ4v) is 5.21. The van der Waals surface area contributed by atoms with E-state index in [1.807, 2.05) is 42.5 Å². The molecule has 0 aliphatic carbocycles. The minimum Gasteiger partial charge on any atom is -0.456 e. The van der Waals surface area contributed by atoms with Crippen LogP contribution in [0.2, 0.25) is 0 Å². The van der Waals surface area contributed by atoms with Gasteiger partial charge in [0.15, 0.2) is 5.69 Å². The second-order valence-electron chi connectivity index (χ2n) is 8.84. The lowest BCUT2D eigenvalue weighted by Crippen LogP contribution is -1.94. The van der Waals surface area contributed by atoms with Crippen molar-refractivity contribution >= 4 is 49.2 Å². The van der Waals surface area contributed by atoms with E-state index in [9.17, 15) is 5.26 Å². The van der Waals surface area contributed by atoms with Crippen LogP contribution < -0.4 is 0 Å². The summed E-state index contributed by atoms with van der Waals surface area (Å²) < 4.78 is 6.26. The lowest BCUT2D eigenvalue weighted by Gasteiger charge is -2.17. The molecular weight excluding hydrogens is 456 g/mol. The summed E-state index contributed by atoms with van der Waals surface area (Å²) in [6, 6.07) is 29.7. The standard InChI is InChI=1S/C32H16N4O/c1-34-20-11-13-36-28(15-20)31-22-7-2-3-8-23(22)32(27-14-19(18-33)10-12-35-27)26-17-30-24(16-25(26)31)21-6-4-5-9-29(21)37-30/h2-17H. The lowest BCUT2D eigenvalue weighted by atomic mass is 9.87. The fourth-order valence-electron chi connectivity index (χ4n) is 5.21. The van der Waals surface area contributed by atoms with Gasteiger partial charge in [-0.05, 0) is 64.0 Å². The van der Waals surface area contributed by atoms with E-state index in [4.69, 9.17) is 16.0 Å². The van der Waals surface area contributed by atoms with E-state index in [2.05, 4.69) is 46.2 Å². The largest absolute Gasteiger partial charge is 0.456 e. The van der Waals surface area contributed by atoms with Crippen molar-refractivity contribution in [3.05, 3.63) is 114 Å². The first-order valence-corrected chi connectivity index (χ1v) is 11.8. The highest BCUT2D eigenvalue weighted by atomic mass is 16.3. The molecule has 3 aromatic heterocycles. The van der Waals surface area contributed by atoms with Gasteiger partial charge < -0.3 is 4.42 Å². The molecule has 7 aromatic rings. The zero-order valence-corrected chi connectivity index (χ0v) is 19.4. The third-order valence-corrected chi connectivity index (χ3v) is 6.80. The van der Waals surface area contributed by atoms with Crippen LogP contribution in [-0.4, -0.2) is 9.97 Å². The van der Waals surface area contributed by atoms with Crippen LogP contribution in [0, 0.1) is 17.9 Å². The Morgan fingerprint density at radius 1 is 0.649 bits per heavy atom. The highest BCUT2D eigenvalue weighted by molar-refractivity contribution is 6.24. The van der Waals surface area contributed by atoms with Crippen molar-refractivity contribution in [1.29, 1.82) is 5.26 Å². The van der Waals surface area contributed by atoms with Crippen molar-refractivity contribution in [3.8, 4) is 28.6 Å². The molecule has 0 fully saturated rings. The minimum absolute atomic E-state index is 0.532. The van der Waals surface area contributed by atoms with E-state index in [0.717, 1.165) is 60.3 Å². The van der Waals surface area contributed by atoms with E-state index in [0.29, 0.717) is 16.9 Å². The van der Waals surface area contributed by atoms with Gasteiger partial charge in [-0.2, -0.15) is 5.26 Å². The van der Waals surface area contributed by atoms with Crippen LogP contribution >= 0.6 is 0 Å². The van der Waals surface area contributed by atoms with Crippen molar-refractivity contribution in [2.75, 3.05) is 0 Å². The highest BCUT2D eigenvalue weighted by Gasteiger charge is 2.20. The highest BCUT2D eigenvalue weighted by Crippen LogP contribution is 2.45. The number of para-hydroxylation sites is 1. The zero-order valence-electron chi connectivity index (χ0n) is 19.4. The number of fused-ring (bicyclic) bond motifs is 5. The first kappa shape index (κ1) is 20.8. The van der Waals surface area contributed by atoms with Gasteiger partial charge in [-0.15, -0.1) is 0 Å². The third kappa shape index (κ3) is 3.16. The number of benzene rings is 4. The van der Waals surface area contributed by atoms with Gasteiger partial charge in [-0.3, -0.25) is 9.97 Å². The molecule has 0 bridgehead atoms. The van der Waals surface area contributed by atoms with Crippen molar-refractivity contribution in [2.45, 2.75) is 0 Å². The summed E-state index contributed by atoms with van der Waals surface area (Å²) in [4.78, 5) is 13.0. The summed E-state index contributed by atoms with van der Waals surface area (Å²) in [5.74, 6) is 0. The molecule has 0 aliphatic heterocycles. The van der Waals surface area contributed by atoms with Gasteiger partial charge in [0.2, 0.25) is 0 Å². The second kappa shape index (κ2) is 8.02. The number of rotatable bonds is 2. The Bertz CT molecular complexity index is 2130. The first-order valence-electron chi connectivity index (χ1n) is 11.8. The van der Waals surface area contributed by atoms with Gasteiger partial charge in [0.05, 0.1) is 29.6 Å². The quantitative estimate of drug-likeness (QED) is 0.187. The van der Waals surface area contributed by atoms with Gasteiger partial charge >= 0.3 is 0 Å². The monoisotopic (exact) mass is 472 g/mol. The molecule has 0 unspecified atom stereocenters. The predicted octanol–water partition coefficient (Wildman–Crippen LogP) is 8.44. The van der Waals surface area contributed by atoms with Crippen LogP contribution in [0.15, 0.2) is 102 Å². The maximum atomic E-state index is 9.57. The Balaban J connectivity index is 1.74. The summed E-state index contributed by atoms with van der Waals surface area (Å²) in [6.07, 6.45) is 3.35. The number of nitrogens with zero attached hydrogens (tertiary/aromatic N) is 4. The summed E-state index contributed by atoms with van der Waals surface area (Å²) in [5.41, 5.74) is 5.98. The number of aromatic nitrogens is 2. The fraction of sp³-hybridized carbons (Fsp3) is 0. The molecule has 5 heteroatoms. The van der Waals surface area contributed by atoms with E-state index in [1.165, 1.54) is 0 Å². The van der Waals surface area contributed by atoms with Gasteiger partial charge in [-0.25, -0.2) is 4.85 Å². The summed E-state index contributed by atoms with van der Waals surface area (Å²) in [6.45, 7) is 7.54. The number of hydrogen-bond acceptors (Lipinski definition) is 4. The molecule has 7 rings (SSSR count). The molecule has 3 heterocycles. The molecule has 0 N–H and O–H groups in total. The molecule has 0 radical (unpaired) electrons. The van der Waals surface area contributed by atoms with Crippen molar-refractivity contribution in [3.63, 3.8) is 0 Å². The Labute approximate surface area is 211 Å². The molecule has 170 valence electrons. The molecule has 0 spiro atoms. The molecule has 0 amide bonds. The van der Waals surface area contributed by atoms with E-state index >= 15 is 0 Å². The van der Waals surface area contributed by atoms with Crippen molar-refractivity contribution in [1.82, 2.24) is 9.97 Å². The molecular formula is C32H16N4O. The molecule has 0 saturated heterocycles. The smallest absolute Gasteiger partial charge is 0.190 e. The predicted molar refractivity (Wildman–Crippen MR) is 146 cm³/mol. The number of nitriles is 1. The van der Waals surface area contributed by atoms with Crippen LogP contribution in [0.1, 0.15) is 5.56 Å². The van der Waals surface area contributed by atoms with Crippen molar-refractivity contribution < 1.29 is 4.42 Å². The van der Waals surface area contributed by atoms with Crippen LogP contribution in [-0.2, 0) is 0 Å². The Morgan fingerprint density at radius 3 is 2.03 bits per heavy atom. The van der Waals surface area contributed by atoms with Crippen LogP contribution in [0.3, 0.4) is 0 Å². The summed E-state index contributed by atoms with van der Waals surface area (Å²) in [7, 11) is 0. The maximum absolute atomic E-state index is 9.57. The van der Waals surface area contributed by atoms with Crippen LogP contribution in [0.4, 0.5) is 5.69 Å². The first-order chi connectivity index (χ1) is 18.2. The zero-order chi connectivity index (χ0) is 24.9. The van der Waals surface area contributed by atoms with E-state index < -0.39 is 0 Å². The average molecular weight is 473 g/mol. The lowest BCUT2D eigenvalue weighted by molar-refractivity contribution is 0.669. The molecule has 0 aliphatic rings. The van der Waals surface area contributed by atoms with E-state index in [1.54, 1.807) is 24.5 Å². The minimum atomic E-state index is 0.532.